The molecular weight excluding hydrogens is 491 g/mol. The van der Waals surface area contributed by atoms with Crippen molar-refractivity contribution < 1.29 is 19.1 Å². The predicted octanol–water partition coefficient (Wildman–Crippen LogP) is 4.72. The molecule has 0 heterocycles. The standard InChI is InChI=1S/C25H22Cl2N4O4/c1-15-5-3-6-16(2)23(15)30-21(32)14-35-18-11-9-17(10-12-18)13-28-31-25(34)24(33)29-20-8-4-7-19(26)22(20)27/h3-13H,14H2,1-2H3,(H,29,33)(H,30,32)(H,31,34)/b28-13+. The van der Waals surface area contributed by atoms with Crippen LogP contribution in [0.25, 0.3) is 0 Å². The number of nitrogens with zero attached hydrogens (tertiary/aromatic N) is 1. The second-order valence-electron chi connectivity index (χ2n) is 7.43. The van der Waals surface area contributed by atoms with E-state index >= 15 is 0 Å². The highest BCUT2D eigenvalue weighted by atomic mass is 35.5. The Hall–Kier alpha value is -3.88. The monoisotopic (exact) mass is 512 g/mol. The first kappa shape index (κ1) is 25.7. The summed E-state index contributed by atoms with van der Waals surface area (Å²) in [6.07, 6.45) is 1.36. The van der Waals surface area contributed by atoms with Crippen LogP contribution in [0, 0.1) is 13.8 Å². The zero-order valence-electron chi connectivity index (χ0n) is 18.9. The largest absolute Gasteiger partial charge is 0.484 e. The highest BCUT2D eigenvalue weighted by Gasteiger charge is 2.15. The fraction of sp³-hybridized carbons (Fsp3) is 0.120. The molecule has 0 spiro atoms. The Balaban J connectivity index is 1.46. The third-order valence-electron chi connectivity index (χ3n) is 4.78. The lowest BCUT2D eigenvalue weighted by atomic mass is 10.1. The number of benzene rings is 3. The van der Waals surface area contributed by atoms with Crippen molar-refractivity contribution >= 4 is 58.5 Å². The van der Waals surface area contributed by atoms with Crippen LogP contribution in [0.15, 0.2) is 65.8 Å². The number of rotatable bonds is 7. The van der Waals surface area contributed by atoms with Crippen LogP contribution in [0.1, 0.15) is 16.7 Å². The van der Waals surface area contributed by atoms with Crippen molar-refractivity contribution in [1.82, 2.24) is 5.43 Å². The molecule has 0 saturated heterocycles. The molecule has 10 heteroatoms. The second-order valence-corrected chi connectivity index (χ2v) is 8.21. The molecule has 180 valence electrons. The topological polar surface area (TPSA) is 109 Å². The number of aryl methyl sites for hydroxylation is 2. The molecule has 0 unspecified atom stereocenters. The fourth-order valence-electron chi connectivity index (χ4n) is 2.98. The lowest BCUT2D eigenvalue weighted by Crippen LogP contribution is -2.32. The van der Waals surface area contributed by atoms with Crippen LogP contribution in [0.3, 0.4) is 0 Å². The summed E-state index contributed by atoms with van der Waals surface area (Å²) in [5.74, 6) is -1.71. The summed E-state index contributed by atoms with van der Waals surface area (Å²) < 4.78 is 5.52. The number of ether oxygens (including phenoxy) is 1. The van der Waals surface area contributed by atoms with E-state index in [1.807, 2.05) is 32.0 Å². The predicted molar refractivity (Wildman–Crippen MR) is 137 cm³/mol. The fourth-order valence-corrected chi connectivity index (χ4v) is 3.33. The molecule has 0 fully saturated rings. The zero-order valence-corrected chi connectivity index (χ0v) is 20.4. The molecule has 3 aromatic carbocycles. The maximum Gasteiger partial charge on any atom is 0.329 e. The van der Waals surface area contributed by atoms with Crippen molar-refractivity contribution in [3.8, 4) is 5.75 Å². The maximum absolute atomic E-state index is 12.2. The summed E-state index contributed by atoms with van der Waals surface area (Å²) in [5.41, 5.74) is 5.70. The van der Waals surface area contributed by atoms with Crippen LogP contribution in [0.5, 0.6) is 5.75 Å². The van der Waals surface area contributed by atoms with Crippen molar-refractivity contribution in [2.75, 3.05) is 17.2 Å². The van der Waals surface area contributed by atoms with E-state index in [1.54, 1.807) is 36.4 Å². The molecule has 0 saturated carbocycles. The first-order valence-electron chi connectivity index (χ1n) is 10.4. The summed E-state index contributed by atoms with van der Waals surface area (Å²) in [6, 6.07) is 17.1. The summed E-state index contributed by atoms with van der Waals surface area (Å²) in [4.78, 5) is 36.2. The van der Waals surface area contributed by atoms with Gasteiger partial charge in [-0.05, 0) is 66.9 Å². The van der Waals surface area contributed by atoms with Crippen LogP contribution < -0.4 is 20.8 Å². The van der Waals surface area contributed by atoms with Gasteiger partial charge in [0.2, 0.25) is 0 Å². The lowest BCUT2D eigenvalue weighted by Gasteiger charge is -2.12. The van der Waals surface area contributed by atoms with Gasteiger partial charge < -0.3 is 15.4 Å². The molecule has 3 amide bonds. The van der Waals surface area contributed by atoms with Crippen molar-refractivity contribution in [2.45, 2.75) is 13.8 Å². The summed E-state index contributed by atoms with van der Waals surface area (Å²) in [7, 11) is 0. The SMILES string of the molecule is Cc1cccc(C)c1NC(=O)COc1ccc(/C=N/NC(=O)C(=O)Nc2cccc(Cl)c2Cl)cc1. The van der Waals surface area contributed by atoms with E-state index in [0.29, 0.717) is 11.3 Å². The number of carbonyl (C=O) groups is 3. The van der Waals surface area contributed by atoms with E-state index in [0.717, 1.165) is 16.8 Å². The summed E-state index contributed by atoms with van der Waals surface area (Å²) in [6.45, 7) is 3.70. The second kappa shape index (κ2) is 12.0. The number of nitrogens with one attached hydrogen (secondary N) is 3. The first-order chi connectivity index (χ1) is 16.7. The van der Waals surface area contributed by atoms with E-state index in [2.05, 4.69) is 21.2 Å². The van der Waals surface area contributed by atoms with Crippen molar-refractivity contribution in [1.29, 1.82) is 0 Å². The van der Waals surface area contributed by atoms with Gasteiger partial charge in [0, 0.05) is 5.69 Å². The average molecular weight is 513 g/mol. The van der Waals surface area contributed by atoms with Gasteiger partial charge in [-0.1, -0.05) is 47.5 Å². The average Bonchev–Trinajstić information content (AvgIpc) is 2.83. The van der Waals surface area contributed by atoms with Crippen LogP contribution in [-0.4, -0.2) is 30.5 Å². The van der Waals surface area contributed by atoms with E-state index in [4.69, 9.17) is 27.9 Å². The Morgan fingerprint density at radius 1 is 0.886 bits per heavy atom. The summed E-state index contributed by atoms with van der Waals surface area (Å²) >= 11 is 11.9. The van der Waals surface area contributed by atoms with Gasteiger partial charge in [0.25, 0.3) is 5.91 Å². The van der Waals surface area contributed by atoms with Crippen LogP contribution in [-0.2, 0) is 14.4 Å². The Morgan fingerprint density at radius 3 is 2.23 bits per heavy atom. The van der Waals surface area contributed by atoms with Gasteiger partial charge in [-0.2, -0.15) is 5.10 Å². The van der Waals surface area contributed by atoms with Gasteiger partial charge in [-0.3, -0.25) is 14.4 Å². The number of hydrazone groups is 1. The first-order valence-corrected chi connectivity index (χ1v) is 11.2. The van der Waals surface area contributed by atoms with E-state index in [1.165, 1.54) is 12.3 Å². The molecule has 3 rings (SSSR count). The normalized spacial score (nSPS) is 10.6. The Morgan fingerprint density at radius 2 is 1.54 bits per heavy atom. The van der Waals surface area contributed by atoms with Crippen LogP contribution in [0.2, 0.25) is 10.0 Å². The van der Waals surface area contributed by atoms with Gasteiger partial charge in [-0.25, -0.2) is 5.43 Å². The Bertz CT molecular complexity index is 1260. The smallest absolute Gasteiger partial charge is 0.329 e. The number of carbonyl (C=O) groups excluding carboxylic acids is 3. The number of hydrogen-bond acceptors (Lipinski definition) is 5. The van der Waals surface area contributed by atoms with E-state index in [-0.39, 0.29) is 28.2 Å². The molecule has 3 N–H and O–H groups in total. The zero-order chi connectivity index (χ0) is 25.4. The molecule has 8 nitrogen and oxygen atoms in total. The molecule has 0 aliphatic rings. The highest BCUT2D eigenvalue weighted by Crippen LogP contribution is 2.29. The van der Waals surface area contributed by atoms with Crippen molar-refractivity contribution in [3.05, 3.63) is 87.4 Å². The van der Waals surface area contributed by atoms with E-state index in [9.17, 15) is 14.4 Å². The molecule has 0 radical (unpaired) electrons. The minimum atomic E-state index is -0.979. The van der Waals surface area contributed by atoms with Gasteiger partial charge in [0.15, 0.2) is 6.61 Å². The van der Waals surface area contributed by atoms with Crippen molar-refractivity contribution in [3.63, 3.8) is 0 Å². The highest BCUT2D eigenvalue weighted by molar-refractivity contribution is 6.45. The number of halogens is 2. The minimum absolute atomic E-state index is 0.129. The third kappa shape index (κ3) is 7.30. The quantitative estimate of drug-likeness (QED) is 0.241. The van der Waals surface area contributed by atoms with Crippen molar-refractivity contribution in [2.24, 2.45) is 5.10 Å². The molecule has 0 aliphatic carbocycles. The molecule has 3 aromatic rings. The number of anilines is 2. The van der Waals surface area contributed by atoms with Crippen LogP contribution >= 0.6 is 23.2 Å². The van der Waals surface area contributed by atoms with Gasteiger partial charge in [0.1, 0.15) is 5.75 Å². The lowest BCUT2D eigenvalue weighted by molar-refractivity contribution is -0.136. The molecule has 0 aromatic heterocycles. The Labute approximate surface area is 212 Å². The van der Waals surface area contributed by atoms with Gasteiger partial charge in [-0.15, -0.1) is 0 Å². The molecule has 0 aliphatic heterocycles. The van der Waals surface area contributed by atoms with Crippen LogP contribution in [0.4, 0.5) is 11.4 Å². The van der Waals surface area contributed by atoms with E-state index < -0.39 is 11.8 Å². The van der Waals surface area contributed by atoms with Gasteiger partial charge in [0.05, 0.1) is 21.9 Å². The molecule has 0 atom stereocenters. The minimum Gasteiger partial charge on any atom is -0.484 e. The number of amides is 3. The molecular formula is C25H22Cl2N4O4. The summed E-state index contributed by atoms with van der Waals surface area (Å²) in [5, 5.41) is 9.36. The molecule has 0 bridgehead atoms. The number of hydrogen-bond donors (Lipinski definition) is 3. The number of para-hydroxylation sites is 1. The van der Waals surface area contributed by atoms with Gasteiger partial charge >= 0.3 is 11.8 Å². The third-order valence-corrected chi connectivity index (χ3v) is 5.60. The maximum atomic E-state index is 12.2. The molecule has 35 heavy (non-hydrogen) atoms. The Kier molecular flexibility index (Phi) is 8.83.